The van der Waals surface area contributed by atoms with E-state index in [-0.39, 0.29) is 18.5 Å². The van der Waals surface area contributed by atoms with Crippen LogP contribution < -0.4 is 5.32 Å². The van der Waals surface area contributed by atoms with Gasteiger partial charge in [-0.25, -0.2) is 0 Å². The summed E-state index contributed by atoms with van der Waals surface area (Å²) in [6.07, 6.45) is 8.02. The minimum Gasteiger partial charge on any atom is -0.352 e. The first-order chi connectivity index (χ1) is 12.2. The molecule has 130 valence electrons. The maximum Gasteiger partial charge on any atom is 0.243 e. The first kappa shape index (κ1) is 15.8. The van der Waals surface area contributed by atoms with Gasteiger partial charge in [-0.2, -0.15) is 20.1 Å². The first-order valence-electron chi connectivity index (χ1n) is 8.77. The lowest BCUT2D eigenvalue weighted by atomic mass is 9.91. The third kappa shape index (κ3) is 3.55. The van der Waals surface area contributed by atoms with E-state index < -0.39 is 0 Å². The van der Waals surface area contributed by atoms with Crippen LogP contribution in [0.5, 0.6) is 0 Å². The van der Waals surface area contributed by atoms with Crippen molar-refractivity contribution in [1.29, 1.82) is 0 Å². The molecule has 0 unspecified atom stereocenters. The van der Waals surface area contributed by atoms with Gasteiger partial charge in [0.1, 0.15) is 17.6 Å². The number of hydrogen-bond donors (Lipinski definition) is 1. The fraction of sp³-hybridized carbons (Fsp3) is 0.444. The van der Waals surface area contributed by atoms with Crippen LogP contribution in [0.3, 0.4) is 0 Å². The van der Waals surface area contributed by atoms with Crippen LogP contribution in [0.2, 0.25) is 0 Å². The van der Waals surface area contributed by atoms with Crippen LogP contribution in [-0.2, 0) is 11.3 Å². The van der Waals surface area contributed by atoms with Crippen LogP contribution in [0.15, 0.2) is 36.7 Å². The Morgan fingerprint density at radius 3 is 2.44 bits per heavy atom. The summed E-state index contributed by atoms with van der Waals surface area (Å²) in [5.41, 5.74) is 2.81. The summed E-state index contributed by atoms with van der Waals surface area (Å²) in [5.74, 6) is -0.0290. The summed E-state index contributed by atoms with van der Waals surface area (Å²) in [5, 5.41) is 16.2. The van der Waals surface area contributed by atoms with Gasteiger partial charge < -0.3 is 5.32 Å². The van der Waals surface area contributed by atoms with Gasteiger partial charge in [-0.15, -0.1) is 0 Å². The average molecular weight is 338 g/mol. The normalized spacial score (nSPS) is 20.7. The average Bonchev–Trinajstić information content (AvgIpc) is 3.21. The van der Waals surface area contributed by atoms with E-state index in [9.17, 15) is 4.79 Å². The summed E-state index contributed by atoms with van der Waals surface area (Å²) >= 11 is 0. The quantitative estimate of drug-likeness (QED) is 0.791. The number of nitrogens with zero attached hydrogens (tertiary/aromatic N) is 5. The molecule has 2 aromatic heterocycles. The number of rotatable bonds is 4. The molecule has 0 atom stereocenters. The van der Waals surface area contributed by atoms with Gasteiger partial charge in [0.05, 0.1) is 12.2 Å². The van der Waals surface area contributed by atoms with Crippen molar-refractivity contribution in [3.05, 3.63) is 42.2 Å². The highest BCUT2D eigenvalue weighted by Crippen LogP contribution is 2.28. The molecule has 1 aliphatic rings. The predicted molar refractivity (Wildman–Crippen MR) is 93.9 cm³/mol. The minimum absolute atomic E-state index is 0.0290. The number of benzene rings is 1. The summed E-state index contributed by atoms with van der Waals surface area (Å²) in [6.45, 7) is 2.22. The van der Waals surface area contributed by atoms with Gasteiger partial charge >= 0.3 is 0 Å². The zero-order valence-corrected chi connectivity index (χ0v) is 14.3. The molecule has 1 N–H and O–H groups in total. The summed E-state index contributed by atoms with van der Waals surface area (Å²) in [7, 11) is 0. The molecule has 1 fully saturated rings. The lowest BCUT2D eigenvalue weighted by Gasteiger charge is -2.29. The minimum atomic E-state index is -0.0290. The Balaban J connectivity index is 1.30. The summed E-state index contributed by atoms with van der Waals surface area (Å²) in [6, 6.07) is 8.30. The molecule has 7 nitrogen and oxygen atoms in total. The summed E-state index contributed by atoms with van der Waals surface area (Å²) in [4.78, 5) is 13.8. The fourth-order valence-corrected chi connectivity index (χ4v) is 3.49. The predicted octanol–water partition coefficient (Wildman–Crippen LogP) is 2.24. The van der Waals surface area contributed by atoms with Crippen molar-refractivity contribution in [3.63, 3.8) is 0 Å². The molecular weight excluding hydrogens is 316 g/mol. The molecule has 1 saturated carbocycles. The number of amides is 1. The van der Waals surface area contributed by atoms with Crippen LogP contribution in [0.25, 0.3) is 11.0 Å². The third-order valence-electron chi connectivity index (χ3n) is 4.78. The van der Waals surface area contributed by atoms with Crippen molar-refractivity contribution in [2.75, 3.05) is 0 Å². The first-order valence-corrected chi connectivity index (χ1v) is 8.77. The molecule has 0 bridgehead atoms. The third-order valence-corrected chi connectivity index (χ3v) is 4.78. The molecule has 0 saturated heterocycles. The van der Waals surface area contributed by atoms with E-state index in [1.54, 1.807) is 0 Å². The van der Waals surface area contributed by atoms with Crippen molar-refractivity contribution in [2.45, 2.75) is 51.2 Å². The Labute approximate surface area is 146 Å². The van der Waals surface area contributed by atoms with Crippen molar-refractivity contribution >= 4 is 16.9 Å². The van der Waals surface area contributed by atoms with E-state index in [1.807, 2.05) is 30.5 Å². The SMILES string of the molecule is Cc1cnn(C2CCC(NC(=O)Cn3nc4ccccc4n3)CC2)c1. The van der Waals surface area contributed by atoms with E-state index >= 15 is 0 Å². The van der Waals surface area contributed by atoms with Crippen molar-refractivity contribution in [1.82, 2.24) is 30.1 Å². The van der Waals surface area contributed by atoms with Gasteiger partial charge in [0.25, 0.3) is 0 Å². The monoisotopic (exact) mass is 338 g/mol. The number of aryl methyl sites for hydroxylation is 1. The molecule has 1 aliphatic carbocycles. The standard InChI is InChI=1S/C18H22N6O/c1-13-10-19-23(11-13)15-8-6-14(7-9-15)20-18(25)12-24-21-16-4-2-3-5-17(16)22-24/h2-5,10-11,14-15H,6-9,12H2,1H3,(H,20,25). The van der Waals surface area contributed by atoms with Gasteiger partial charge in [-0.3, -0.25) is 9.48 Å². The van der Waals surface area contributed by atoms with Gasteiger partial charge in [-0.05, 0) is 50.3 Å². The molecule has 0 aliphatic heterocycles. The number of nitrogens with one attached hydrogen (secondary N) is 1. The fourth-order valence-electron chi connectivity index (χ4n) is 3.49. The molecule has 2 heterocycles. The second kappa shape index (κ2) is 6.66. The van der Waals surface area contributed by atoms with E-state index in [1.165, 1.54) is 10.4 Å². The zero-order chi connectivity index (χ0) is 17.2. The number of aromatic nitrogens is 5. The smallest absolute Gasteiger partial charge is 0.243 e. The highest BCUT2D eigenvalue weighted by atomic mass is 16.2. The highest BCUT2D eigenvalue weighted by Gasteiger charge is 2.24. The number of carbonyl (C=O) groups is 1. The number of hydrogen-bond acceptors (Lipinski definition) is 4. The second-order valence-electron chi connectivity index (χ2n) is 6.79. The molecule has 4 rings (SSSR count). The van der Waals surface area contributed by atoms with E-state index in [4.69, 9.17) is 0 Å². The van der Waals surface area contributed by atoms with Crippen molar-refractivity contribution < 1.29 is 4.79 Å². The Kier molecular flexibility index (Phi) is 4.21. The molecule has 1 amide bonds. The van der Waals surface area contributed by atoms with Gasteiger partial charge in [0.15, 0.2) is 0 Å². The number of fused-ring (bicyclic) bond motifs is 1. The molecule has 25 heavy (non-hydrogen) atoms. The second-order valence-corrected chi connectivity index (χ2v) is 6.79. The van der Waals surface area contributed by atoms with Crippen LogP contribution >= 0.6 is 0 Å². The lowest BCUT2D eigenvalue weighted by molar-refractivity contribution is -0.123. The maximum absolute atomic E-state index is 12.3. The molecule has 7 heteroatoms. The van der Waals surface area contributed by atoms with Crippen LogP contribution in [-0.4, -0.2) is 36.7 Å². The molecule has 0 spiro atoms. The molecule has 1 aromatic carbocycles. The van der Waals surface area contributed by atoms with Gasteiger partial charge in [0.2, 0.25) is 5.91 Å². The Morgan fingerprint density at radius 2 is 1.84 bits per heavy atom. The zero-order valence-electron chi connectivity index (χ0n) is 14.3. The Hall–Kier alpha value is -2.70. The lowest BCUT2D eigenvalue weighted by Crippen LogP contribution is -2.40. The summed E-state index contributed by atoms with van der Waals surface area (Å²) < 4.78 is 2.06. The van der Waals surface area contributed by atoms with E-state index in [0.29, 0.717) is 6.04 Å². The maximum atomic E-state index is 12.3. The van der Waals surface area contributed by atoms with Crippen molar-refractivity contribution in [3.8, 4) is 0 Å². The molecule has 3 aromatic rings. The van der Waals surface area contributed by atoms with Gasteiger partial charge in [0, 0.05) is 12.2 Å². The van der Waals surface area contributed by atoms with Gasteiger partial charge in [-0.1, -0.05) is 12.1 Å². The van der Waals surface area contributed by atoms with Crippen molar-refractivity contribution in [2.24, 2.45) is 0 Å². The molecule has 0 radical (unpaired) electrons. The largest absolute Gasteiger partial charge is 0.352 e. The van der Waals surface area contributed by atoms with E-state index in [0.717, 1.165) is 36.7 Å². The van der Waals surface area contributed by atoms with Crippen LogP contribution in [0.1, 0.15) is 37.3 Å². The number of carbonyl (C=O) groups excluding carboxylic acids is 1. The Bertz CT molecular complexity index is 841. The van der Waals surface area contributed by atoms with Crippen LogP contribution in [0.4, 0.5) is 0 Å². The highest BCUT2D eigenvalue weighted by molar-refractivity contribution is 5.77. The van der Waals surface area contributed by atoms with E-state index in [2.05, 4.69) is 38.4 Å². The van der Waals surface area contributed by atoms with Crippen LogP contribution in [0, 0.1) is 6.92 Å². The molecular formula is C18H22N6O. The Morgan fingerprint density at radius 1 is 1.16 bits per heavy atom. The topological polar surface area (TPSA) is 77.6 Å².